The lowest BCUT2D eigenvalue weighted by molar-refractivity contribution is 0.0996. The van der Waals surface area contributed by atoms with Gasteiger partial charge in [0, 0.05) is 18.6 Å². The number of carbonyl (C=O) groups is 1. The molecular weight excluding hydrogens is 200 g/mol. The molecule has 0 radical (unpaired) electrons. The molecule has 0 bridgehead atoms. The van der Waals surface area contributed by atoms with Crippen molar-refractivity contribution in [3.05, 3.63) is 23.3 Å². The van der Waals surface area contributed by atoms with Crippen molar-refractivity contribution in [2.45, 2.75) is 0 Å². The van der Waals surface area contributed by atoms with Crippen LogP contribution in [0.4, 0.5) is 0 Å². The van der Waals surface area contributed by atoms with Crippen LogP contribution in [0.2, 0.25) is 0 Å². The van der Waals surface area contributed by atoms with Crippen molar-refractivity contribution in [2.24, 2.45) is 12.8 Å². The van der Waals surface area contributed by atoms with E-state index in [1.165, 1.54) is 11.3 Å². The second-order valence-electron chi connectivity index (χ2n) is 2.78. The molecule has 0 saturated heterocycles. The van der Waals surface area contributed by atoms with Gasteiger partial charge in [0.15, 0.2) is 0 Å². The molecule has 1 amide bonds. The highest BCUT2D eigenvalue weighted by Crippen LogP contribution is 2.21. The first kappa shape index (κ1) is 8.89. The highest BCUT2D eigenvalue weighted by molar-refractivity contribution is 7.13. The number of carbonyl (C=O) groups excluding carboxylic acids is 1. The maximum Gasteiger partial charge on any atom is 0.268 e. The predicted octanol–water partition coefficient (Wildman–Crippen LogP) is 0.642. The molecule has 2 N–H and O–H groups in total. The summed E-state index contributed by atoms with van der Waals surface area (Å²) in [5.74, 6) is -0.511. The van der Waals surface area contributed by atoms with Crippen LogP contribution in [0.15, 0.2) is 17.6 Å². The fourth-order valence-corrected chi connectivity index (χ4v) is 1.81. The largest absolute Gasteiger partial charge is 0.364 e. The Hall–Kier alpha value is -1.69. The molecule has 0 spiro atoms. The number of nitrogens with zero attached hydrogens (tertiary/aromatic N) is 3. The van der Waals surface area contributed by atoms with Gasteiger partial charge in [-0.25, -0.2) is 4.98 Å². The van der Waals surface area contributed by atoms with E-state index in [-0.39, 0.29) is 5.69 Å². The van der Waals surface area contributed by atoms with Gasteiger partial charge in [-0.2, -0.15) is 5.10 Å². The lowest BCUT2D eigenvalue weighted by atomic mass is 10.4. The van der Waals surface area contributed by atoms with Crippen molar-refractivity contribution in [2.75, 3.05) is 0 Å². The first-order valence-electron chi connectivity index (χ1n) is 3.92. The number of nitrogens with two attached hydrogens (primary N) is 1. The third-order valence-corrected chi connectivity index (χ3v) is 2.55. The molecule has 0 atom stereocenters. The van der Waals surface area contributed by atoms with Gasteiger partial charge >= 0.3 is 0 Å². The minimum Gasteiger partial charge on any atom is -0.364 e. The van der Waals surface area contributed by atoms with Crippen LogP contribution in [0, 0.1) is 0 Å². The summed E-state index contributed by atoms with van der Waals surface area (Å²) in [4.78, 5) is 14.9. The topological polar surface area (TPSA) is 73.8 Å². The van der Waals surface area contributed by atoms with Crippen molar-refractivity contribution in [3.63, 3.8) is 0 Å². The van der Waals surface area contributed by atoms with Gasteiger partial charge in [-0.05, 0) is 6.07 Å². The van der Waals surface area contributed by atoms with Crippen LogP contribution in [-0.4, -0.2) is 20.7 Å². The summed E-state index contributed by atoms with van der Waals surface area (Å²) < 4.78 is 1.68. The molecule has 72 valence electrons. The van der Waals surface area contributed by atoms with Crippen molar-refractivity contribution in [1.29, 1.82) is 0 Å². The van der Waals surface area contributed by atoms with E-state index in [4.69, 9.17) is 5.73 Å². The molecular formula is C8H8N4OS. The van der Waals surface area contributed by atoms with E-state index in [2.05, 4.69) is 10.1 Å². The Morgan fingerprint density at radius 1 is 1.64 bits per heavy atom. The molecule has 0 saturated carbocycles. The molecule has 0 aromatic carbocycles. The van der Waals surface area contributed by atoms with E-state index in [0.29, 0.717) is 5.01 Å². The average Bonchev–Trinajstić information content (AvgIpc) is 2.70. The van der Waals surface area contributed by atoms with Crippen LogP contribution >= 0.6 is 11.3 Å². The minimum absolute atomic E-state index is 0.288. The monoisotopic (exact) mass is 208 g/mol. The first-order chi connectivity index (χ1) is 6.66. The summed E-state index contributed by atoms with van der Waals surface area (Å²) in [5.41, 5.74) is 6.13. The van der Waals surface area contributed by atoms with E-state index < -0.39 is 5.91 Å². The molecule has 0 unspecified atom stereocenters. The fourth-order valence-electron chi connectivity index (χ4n) is 1.03. The van der Waals surface area contributed by atoms with Crippen LogP contribution in [0.1, 0.15) is 10.5 Å². The lowest BCUT2D eigenvalue weighted by Gasteiger charge is -1.87. The van der Waals surface area contributed by atoms with Gasteiger partial charge in [0.1, 0.15) is 16.4 Å². The molecule has 2 heterocycles. The summed E-state index contributed by atoms with van der Waals surface area (Å²) in [7, 11) is 1.83. The number of aromatic nitrogens is 3. The van der Waals surface area contributed by atoms with Crippen LogP contribution in [-0.2, 0) is 7.05 Å². The Morgan fingerprint density at radius 3 is 2.93 bits per heavy atom. The number of amides is 1. The Kier molecular flexibility index (Phi) is 2.05. The second kappa shape index (κ2) is 3.22. The van der Waals surface area contributed by atoms with E-state index in [0.717, 1.165) is 5.69 Å². The predicted molar refractivity (Wildman–Crippen MR) is 52.8 cm³/mol. The molecule has 2 rings (SSSR count). The Balaban J connectivity index is 2.38. The quantitative estimate of drug-likeness (QED) is 0.787. The SMILES string of the molecule is Cn1ccc(-c2nc(C(N)=O)cs2)n1. The van der Waals surface area contributed by atoms with Crippen LogP contribution < -0.4 is 5.73 Å². The zero-order chi connectivity index (χ0) is 10.1. The van der Waals surface area contributed by atoms with Gasteiger partial charge in [0.05, 0.1) is 0 Å². The van der Waals surface area contributed by atoms with Gasteiger partial charge in [-0.3, -0.25) is 9.48 Å². The van der Waals surface area contributed by atoms with E-state index in [1.54, 1.807) is 10.1 Å². The Bertz CT molecular complexity index is 473. The van der Waals surface area contributed by atoms with Gasteiger partial charge in [0.25, 0.3) is 5.91 Å². The van der Waals surface area contributed by atoms with Gasteiger partial charge in [0.2, 0.25) is 0 Å². The van der Waals surface area contributed by atoms with E-state index in [9.17, 15) is 4.79 Å². The number of primary amides is 1. The normalized spacial score (nSPS) is 10.4. The second-order valence-corrected chi connectivity index (χ2v) is 3.63. The molecule has 6 heteroatoms. The minimum atomic E-state index is -0.511. The van der Waals surface area contributed by atoms with E-state index >= 15 is 0 Å². The zero-order valence-corrected chi connectivity index (χ0v) is 8.28. The van der Waals surface area contributed by atoms with Gasteiger partial charge in [-0.1, -0.05) is 0 Å². The summed E-state index contributed by atoms with van der Waals surface area (Å²) in [6.45, 7) is 0. The lowest BCUT2D eigenvalue weighted by Crippen LogP contribution is -2.10. The maximum atomic E-state index is 10.8. The summed E-state index contributed by atoms with van der Waals surface area (Å²) >= 11 is 1.36. The highest BCUT2D eigenvalue weighted by atomic mass is 32.1. The van der Waals surface area contributed by atoms with Gasteiger partial charge < -0.3 is 5.73 Å². The maximum absolute atomic E-state index is 10.8. The van der Waals surface area contributed by atoms with Crippen molar-refractivity contribution in [1.82, 2.24) is 14.8 Å². The molecule has 0 aliphatic carbocycles. The summed E-state index contributed by atoms with van der Waals surface area (Å²) in [6.07, 6.45) is 1.82. The molecule has 0 aliphatic heterocycles. The van der Waals surface area contributed by atoms with Gasteiger partial charge in [-0.15, -0.1) is 11.3 Å². The number of rotatable bonds is 2. The van der Waals surface area contributed by atoms with Crippen LogP contribution in [0.3, 0.4) is 0 Å². The van der Waals surface area contributed by atoms with E-state index in [1.807, 2.05) is 19.3 Å². The Morgan fingerprint density at radius 2 is 2.43 bits per heavy atom. The molecule has 5 nitrogen and oxygen atoms in total. The fraction of sp³-hybridized carbons (Fsp3) is 0.125. The zero-order valence-electron chi connectivity index (χ0n) is 7.47. The van der Waals surface area contributed by atoms with Crippen molar-refractivity contribution < 1.29 is 4.79 Å². The summed E-state index contributed by atoms with van der Waals surface area (Å²) in [5, 5.41) is 6.51. The molecule has 0 fully saturated rings. The van der Waals surface area contributed by atoms with Crippen LogP contribution in [0.25, 0.3) is 10.7 Å². The first-order valence-corrected chi connectivity index (χ1v) is 4.80. The molecule has 2 aromatic rings. The highest BCUT2D eigenvalue weighted by Gasteiger charge is 2.09. The number of thiazole rings is 1. The smallest absolute Gasteiger partial charge is 0.268 e. The number of hydrogen-bond donors (Lipinski definition) is 1. The van der Waals surface area contributed by atoms with Crippen molar-refractivity contribution in [3.8, 4) is 10.7 Å². The third kappa shape index (κ3) is 1.51. The number of hydrogen-bond acceptors (Lipinski definition) is 4. The summed E-state index contributed by atoms with van der Waals surface area (Å²) in [6, 6.07) is 1.84. The van der Waals surface area contributed by atoms with Crippen LogP contribution in [0.5, 0.6) is 0 Å². The van der Waals surface area contributed by atoms with Crippen molar-refractivity contribution >= 4 is 17.2 Å². The molecule has 14 heavy (non-hydrogen) atoms. The third-order valence-electron chi connectivity index (χ3n) is 1.69. The Labute approximate surface area is 84.2 Å². The number of aryl methyl sites for hydroxylation is 1. The molecule has 2 aromatic heterocycles. The molecule has 0 aliphatic rings. The average molecular weight is 208 g/mol. The standard InChI is InChI=1S/C8H8N4OS/c1-12-3-2-5(11-12)8-10-6(4-14-8)7(9)13/h2-4H,1H3,(H2,9,13).